The molecule has 1 aliphatic carbocycles. The molecule has 4 aliphatic rings. The molecule has 1 N–H and O–H groups in total. The van der Waals surface area contributed by atoms with Crippen LogP contribution < -0.4 is 21.0 Å². The van der Waals surface area contributed by atoms with Crippen LogP contribution in [0, 0.1) is 25.6 Å². The first-order chi connectivity index (χ1) is 30.4. The molecule has 10 rings (SSSR count). The second-order valence-corrected chi connectivity index (χ2v) is 17.5. The molecule has 3 atom stereocenters. The molecule has 1 saturated carbocycles. The lowest BCUT2D eigenvalue weighted by Crippen LogP contribution is -2.45. The Morgan fingerprint density at radius 3 is 2.44 bits per heavy atom. The molecule has 326 valence electrons. The number of aromatic nitrogens is 5. The van der Waals surface area contributed by atoms with E-state index in [1.807, 2.05) is 41.8 Å². The molecule has 6 heterocycles. The van der Waals surface area contributed by atoms with Crippen molar-refractivity contribution in [3.63, 3.8) is 0 Å². The summed E-state index contributed by atoms with van der Waals surface area (Å²) in [6.45, 7) is 9.70. The van der Waals surface area contributed by atoms with Gasteiger partial charge in [-0.3, -0.25) is 24.0 Å². The van der Waals surface area contributed by atoms with Crippen LogP contribution in [0.1, 0.15) is 94.9 Å². The van der Waals surface area contributed by atoms with E-state index in [4.69, 9.17) is 19.0 Å². The van der Waals surface area contributed by atoms with Gasteiger partial charge in [0.05, 0.1) is 24.5 Å². The molecule has 63 heavy (non-hydrogen) atoms. The molecule has 0 radical (unpaired) electrons. The molecule has 3 fully saturated rings. The fourth-order valence-corrected chi connectivity index (χ4v) is 10.2. The van der Waals surface area contributed by atoms with E-state index in [-0.39, 0.29) is 54.7 Å². The second-order valence-electron chi connectivity index (χ2n) is 17.5. The van der Waals surface area contributed by atoms with E-state index < -0.39 is 17.3 Å². The molecule has 3 aliphatic heterocycles. The number of benzene rings is 3. The highest BCUT2D eigenvalue weighted by Crippen LogP contribution is 2.56. The van der Waals surface area contributed by atoms with Gasteiger partial charge in [0.2, 0.25) is 5.95 Å². The summed E-state index contributed by atoms with van der Waals surface area (Å²) in [6, 6.07) is 17.9. The standard InChI is InChI=1S/C47H49FN8O7/c1-26-19-34(20-27(2)39(26)48)55-41(57)36-11-14-53(29(4)40(36)49-44(55)54-16-15-52(46(54)60)25-30-7-6-8-35(21-30)61-5)42(58)38-23-33-22-32(31-12-17-62-18-13-31)9-10-37(33)56(38)47(24-28(47)3)43-50-45(59)63-51-43/h6-10,19-23,28-29,31H,11-18,24-25H2,1-5H3,(H,50,51,59)/t28-,29+,47+/m1/s1. The van der Waals surface area contributed by atoms with Crippen molar-refractivity contribution in [3.8, 4) is 11.4 Å². The van der Waals surface area contributed by atoms with E-state index in [9.17, 15) is 14.4 Å². The number of fused-ring (bicyclic) bond motifs is 2. The minimum absolute atomic E-state index is 0.0120. The Bertz CT molecular complexity index is 2920. The van der Waals surface area contributed by atoms with Gasteiger partial charge in [-0.1, -0.05) is 30.3 Å². The third-order valence-electron chi connectivity index (χ3n) is 13.7. The predicted octanol–water partition coefficient (Wildman–Crippen LogP) is 6.51. The SMILES string of the molecule is COc1cccc(CN2CCN(c3nc4c(c(=O)n3-c3cc(C)c(F)c(C)c3)CCN(C(=O)c3cc5cc(C6CCOCC6)ccc5n3[C@@]3(c5noc(=O)[nH]5)C[C@H]3C)[C@H]4C)C2=O)c1. The number of methoxy groups -OCH3 is 1. The molecule has 0 unspecified atom stereocenters. The number of halogens is 1. The number of anilines is 1. The van der Waals surface area contributed by atoms with Crippen LogP contribution in [-0.2, 0) is 23.2 Å². The molecule has 15 nitrogen and oxygen atoms in total. The zero-order chi connectivity index (χ0) is 43.9. The van der Waals surface area contributed by atoms with Crippen LogP contribution in [0.15, 0.2) is 74.8 Å². The van der Waals surface area contributed by atoms with Crippen LogP contribution >= 0.6 is 0 Å². The molecule has 0 spiro atoms. The highest BCUT2D eigenvalue weighted by molar-refractivity contribution is 6.00. The van der Waals surface area contributed by atoms with Gasteiger partial charge in [0, 0.05) is 55.9 Å². The lowest BCUT2D eigenvalue weighted by molar-refractivity contribution is 0.0658. The first-order valence-electron chi connectivity index (χ1n) is 21.6. The Kier molecular flexibility index (Phi) is 9.88. The first kappa shape index (κ1) is 40.5. The Labute approximate surface area is 362 Å². The minimum Gasteiger partial charge on any atom is -0.497 e. The van der Waals surface area contributed by atoms with Gasteiger partial charge in [-0.15, -0.1) is 0 Å². The number of nitrogens with zero attached hydrogens (tertiary/aromatic N) is 7. The first-order valence-corrected chi connectivity index (χ1v) is 21.6. The maximum atomic E-state index is 15.3. The van der Waals surface area contributed by atoms with E-state index >= 15 is 9.18 Å². The topological polar surface area (TPSA) is 161 Å². The van der Waals surface area contributed by atoms with E-state index in [0.29, 0.717) is 84.0 Å². The summed E-state index contributed by atoms with van der Waals surface area (Å²) >= 11 is 0. The summed E-state index contributed by atoms with van der Waals surface area (Å²) in [7, 11) is 1.59. The Morgan fingerprint density at radius 1 is 0.984 bits per heavy atom. The molecular weight excluding hydrogens is 808 g/mol. The van der Waals surface area contributed by atoms with Crippen molar-refractivity contribution in [1.29, 1.82) is 0 Å². The molecule has 0 bridgehead atoms. The number of H-pyrrole nitrogens is 1. The highest BCUT2D eigenvalue weighted by Gasteiger charge is 2.59. The van der Waals surface area contributed by atoms with Crippen molar-refractivity contribution in [2.75, 3.05) is 44.9 Å². The van der Waals surface area contributed by atoms with E-state index in [0.717, 1.165) is 29.3 Å². The van der Waals surface area contributed by atoms with Gasteiger partial charge < -0.3 is 23.8 Å². The number of hydrogen-bond donors (Lipinski definition) is 1. The maximum absolute atomic E-state index is 15.3. The van der Waals surface area contributed by atoms with Gasteiger partial charge in [0.15, 0.2) is 5.82 Å². The van der Waals surface area contributed by atoms with Crippen molar-refractivity contribution in [1.82, 2.24) is 34.1 Å². The van der Waals surface area contributed by atoms with Gasteiger partial charge in [-0.05, 0) is 123 Å². The maximum Gasteiger partial charge on any atom is 0.438 e. The molecule has 3 aromatic heterocycles. The molecule has 16 heteroatoms. The zero-order valence-electron chi connectivity index (χ0n) is 35.9. The van der Waals surface area contributed by atoms with Gasteiger partial charge in [0.1, 0.15) is 22.8 Å². The van der Waals surface area contributed by atoms with Crippen molar-refractivity contribution in [2.45, 2.75) is 77.4 Å². The summed E-state index contributed by atoms with van der Waals surface area (Å²) in [6.07, 6.45) is 2.62. The lowest BCUT2D eigenvalue weighted by atomic mass is 9.91. The van der Waals surface area contributed by atoms with Crippen molar-refractivity contribution in [2.24, 2.45) is 5.92 Å². The molecule has 6 aromatic rings. The number of rotatable bonds is 9. The number of amides is 3. The average molecular weight is 857 g/mol. The number of nitrogens with one attached hydrogen (secondary N) is 1. The Balaban J connectivity index is 1.07. The van der Waals surface area contributed by atoms with Crippen LogP contribution in [0.25, 0.3) is 16.6 Å². The molecule has 3 amide bonds. The van der Waals surface area contributed by atoms with Crippen molar-refractivity contribution >= 4 is 28.8 Å². The number of aryl methyl sites for hydroxylation is 2. The summed E-state index contributed by atoms with van der Waals surface area (Å²) in [4.78, 5) is 69.7. The average Bonchev–Trinajstić information content (AvgIpc) is 3.58. The van der Waals surface area contributed by atoms with Gasteiger partial charge in [-0.2, -0.15) is 0 Å². The van der Waals surface area contributed by atoms with Crippen LogP contribution in [0.3, 0.4) is 0 Å². The largest absolute Gasteiger partial charge is 0.497 e. The minimum atomic E-state index is -0.840. The predicted molar refractivity (Wildman–Crippen MR) is 231 cm³/mol. The number of urea groups is 1. The normalized spacial score (nSPS) is 21.4. The number of carbonyl (C=O) groups is 2. The third-order valence-corrected chi connectivity index (χ3v) is 13.7. The van der Waals surface area contributed by atoms with Gasteiger partial charge in [0.25, 0.3) is 11.5 Å². The van der Waals surface area contributed by atoms with E-state index in [1.54, 1.807) is 42.9 Å². The lowest BCUT2D eigenvalue weighted by Gasteiger charge is -2.36. The van der Waals surface area contributed by atoms with E-state index in [2.05, 4.69) is 35.3 Å². The third kappa shape index (κ3) is 6.64. The Hall–Kier alpha value is -6.55. The van der Waals surface area contributed by atoms with E-state index in [1.165, 1.54) is 15.0 Å². The smallest absolute Gasteiger partial charge is 0.438 e. The fourth-order valence-electron chi connectivity index (χ4n) is 10.2. The van der Waals surface area contributed by atoms with Crippen molar-refractivity contribution < 1.29 is 28.0 Å². The number of hydrogen-bond acceptors (Lipinski definition) is 9. The van der Waals surface area contributed by atoms with Crippen LogP contribution in [0.2, 0.25) is 0 Å². The highest BCUT2D eigenvalue weighted by atomic mass is 19.1. The van der Waals surface area contributed by atoms with Crippen molar-refractivity contribution in [3.05, 3.63) is 132 Å². The molecule has 2 saturated heterocycles. The summed E-state index contributed by atoms with van der Waals surface area (Å²) in [5, 5.41) is 5.03. The number of aromatic amines is 1. The summed E-state index contributed by atoms with van der Waals surface area (Å²) < 4.78 is 34.5. The number of ether oxygens (including phenoxy) is 2. The Morgan fingerprint density at radius 2 is 1.75 bits per heavy atom. The zero-order valence-corrected chi connectivity index (χ0v) is 35.9. The fraction of sp³-hybridized carbons (Fsp3) is 0.404. The van der Waals surface area contributed by atoms with Crippen LogP contribution in [0.5, 0.6) is 5.75 Å². The van der Waals surface area contributed by atoms with Crippen LogP contribution in [-0.4, -0.2) is 86.0 Å². The monoisotopic (exact) mass is 856 g/mol. The molecular formula is C47H49FN8O7. The quantitative estimate of drug-likeness (QED) is 0.171. The summed E-state index contributed by atoms with van der Waals surface area (Å²) in [5.41, 5.74) is 3.97. The van der Waals surface area contributed by atoms with Gasteiger partial charge >= 0.3 is 11.8 Å². The van der Waals surface area contributed by atoms with Gasteiger partial charge in [-0.25, -0.2) is 23.5 Å². The van der Waals surface area contributed by atoms with Crippen LogP contribution in [0.4, 0.5) is 15.1 Å². The second kappa shape index (κ2) is 15.4. The summed E-state index contributed by atoms with van der Waals surface area (Å²) in [5.74, 6) is 0.135. The molecule has 3 aromatic carbocycles. The number of carbonyl (C=O) groups excluding carboxylic acids is 2.